The Morgan fingerprint density at radius 2 is 2.14 bits per heavy atom. The Morgan fingerprint density at radius 1 is 1.50 bits per heavy atom. The first kappa shape index (κ1) is 10.5. The molecule has 14 heavy (non-hydrogen) atoms. The number of carbonyl (C=O) groups is 1. The molecule has 6 nitrogen and oxygen atoms in total. The summed E-state index contributed by atoms with van der Waals surface area (Å²) in [6.45, 7) is 0. The van der Waals surface area contributed by atoms with E-state index in [2.05, 4.69) is 4.98 Å². The molecule has 1 heterocycles. The standard InChI is InChI=1S/C7H8BNO5/c1-14-5-3-2-4(8(12)13)6(9-5)7(10)11/h2-3,12-13H,1H3,(H,10,11). The third-order valence-electron chi connectivity index (χ3n) is 1.59. The number of carboxylic acid groups (broad SMARTS) is 1. The van der Waals surface area contributed by atoms with E-state index in [1.54, 1.807) is 0 Å². The largest absolute Gasteiger partial charge is 0.490 e. The molecule has 0 aliphatic heterocycles. The number of pyridine rings is 1. The van der Waals surface area contributed by atoms with Gasteiger partial charge in [-0.05, 0) is 6.07 Å². The first-order valence-corrected chi connectivity index (χ1v) is 3.70. The fraction of sp³-hybridized carbons (Fsp3) is 0.143. The number of ether oxygens (including phenoxy) is 1. The van der Waals surface area contributed by atoms with E-state index >= 15 is 0 Å². The predicted octanol–water partition coefficient (Wildman–Crippen LogP) is -1.53. The number of carboxylic acids is 1. The van der Waals surface area contributed by atoms with Crippen molar-refractivity contribution in [2.24, 2.45) is 0 Å². The van der Waals surface area contributed by atoms with E-state index in [1.165, 1.54) is 19.2 Å². The van der Waals surface area contributed by atoms with Crippen LogP contribution < -0.4 is 10.2 Å². The average molecular weight is 197 g/mol. The zero-order chi connectivity index (χ0) is 10.7. The van der Waals surface area contributed by atoms with E-state index in [0.717, 1.165) is 0 Å². The molecule has 0 unspecified atom stereocenters. The lowest BCUT2D eigenvalue weighted by Gasteiger charge is -2.05. The molecule has 0 aromatic carbocycles. The summed E-state index contributed by atoms with van der Waals surface area (Å²) in [6.07, 6.45) is 0. The van der Waals surface area contributed by atoms with E-state index in [-0.39, 0.29) is 11.3 Å². The molecule has 0 radical (unpaired) electrons. The van der Waals surface area contributed by atoms with Crippen molar-refractivity contribution in [3.63, 3.8) is 0 Å². The maximum Gasteiger partial charge on any atom is 0.490 e. The Hall–Kier alpha value is -1.60. The quantitative estimate of drug-likeness (QED) is 0.508. The van der Waals surface area contributed by atoms with Gasteiger partial charge in [-0.25, -0.2) is 9.78 Å². The number of nitrogens with zero attached hydrogens (tertiary/aromatic N) is 1. The Bertz CT molecular complexity index is 354. The second-order valence-corrected chi connectivity index (χ2v) is 2.47. The van der Waals surface area contributed by atoms with Gasteiger partial charge in [0.1, 0.15) is 0 Å². The Balaban J connectivity index is 3.24. The van der Waals surface area contributed by atoms with Crippen LogP contribution in [0.25, 0.3) is 0 Å². The summed E-state index contributed by atoms with van der Waals surface area (Å²) < 4.78 is 4.70. The van der Waals surface area contributed by atoms with Gasteiger partial charge in [0.15, 0.2) is 5.69 Å². The van der Waals surface area contributed by atoms with Crippen LogP contribution in [0, 0.1) is 0 Å². The zero-order valence-electron chi connectivity index (χ0n) is 7.34. The molecule has 1 aromatic rings. The van der Waals surface area contributed by atoms with Gasteiger partial charge in [0.05, 0.1) is 7.11 Å². The highest BCUT2D eigenvalue weighted by molar-refractivity contribution is 6.60. The van der Waals surface area contributed by atoms with Crippen molar-refractivity contribution in [1.29, 1.82) is 0 Å². The van der Waals surface area contributed by atoms with Crippen molar-refractivity contribution in [1.82, 2.24) is 4.98 Å². The topological polar surface area (TPSA) is 99.9 Å². The van der Waals surface area contributed by atoms with Gasteiger partial charge in [0, 0.05) is 5.46 Å². The highest BCUT2D eigenvalue weighted by atomic mass is 16.5. The fourth-order valence-electron chi connectivity index (χ4n) is 0.945. The van der Waals surface area contributed by atoms with E-state index in [1.807, 2.05) is 0 Å². The predicted molar refractivity (Wildman–Crippen MR) is 47.6 cm³/mol. The van der Waals surface area contributed by atoms with Gasteiger partial charge < -0.3 is 19.9 Å². The second kappa shape index (κ2) is 4.08. The average Bonchev–Trinajstić information content (AvgIpc) is 2.16. The van der Waals surface area contributed by atoms with Crippen LogP contribution in [0.3, 0.4) is 0 Å². The number of hydrogen-bond donors (Lipinski definition) is 3. The molecule has 7 heteroatoms. The number of aromatic nitrogens is 1. The molecule has 0 bridgehead atoms. The summed E-state index contributed by atoms with van der Waals surface area (Å²) in [6, 6.07) is 2.58. The van der Waals surface area contributed by atoms with Gasteiger partial charge in [-0.1, -0.05) is 6.07 Å². The molecule has 1 aromatic heterocycles. The second-order valence-electron chi connectivity index (χ2n) is 2.47. The molecule has 0 fully saturated rings. The van der Waals surface area contributed by atoms with E-state index in [4.69, 9.17) is 19.9 Å². The first-order valence-electron chi connectivity index (χ1n) is 3.70. The minimum Gasteiger partial charge on any atom is -0.481 e. The van der Waals surface area contributed by atoms with Crippen LogP contribution in [0.1, 0.15) is 10.5 Å². The summed E-state index contributed by atoms with van der Waals surface area (Å²) in [5, 5.41) is 26.4. The van der Waals surface area contributed by atoms with Crippen LogP contribution in [0.15, 0.2) is 12.1 Å². The minimum atomic E-state index is -1.86. The summed E-state index contributed by atoms with van der Waals surface area (Å²) in [4.78, 5) is 14.2. The normalized spacial score (nSPS) is 9.64. The van der Waals surface area contributed by atoms with Crippen molar-refractivity contribution in [3.05, 3.63) is 17.8 Å². The molecule has 0 spiro atoms. The smallest absolute Gasteiger partial charge is 0.481 e. The highest BCUT2D eigenvalue weighted by Crippen LogP contribution is 2.05. The molecule has 0 atom stereocenters. The lowest BCUT2D eigenvalue weighted by molar-refractivity contribution is 0.0690. The van der Waals surface area contributed by atoms with Crippen LogP contribution in [0.5, 0.6) is 5.88 Å². The third kappa shape index (κ3) is 2.01. The summed E-state index contributed by atoms with van der Waals surface area (Å²) in [7, 11) is -0.525. The molecule has 0 aliphatic rings. The van der Waals surface area contributed by atoms with Crippen molar-refractivity contribution in [3.8, 4) is 5.88 Å². The Morgan fingerprint density at radius 3 is 2.57 bits per heavy atom. The SMILES string of the molecule is COc1ccc(B(O)O)c(C(=O)O)n1. The molecule has 0 amide bonds. The lowest BCUT2D eigenvalue weighted by Crippen LogP contribution is -2.35. The number of hydrogen-bond acceptors (Lipinski definition) is 5. The number of aromatic carboxylic acids is 1. The molecular weight excluding hydrogens is 189 g/mol. The highest BCUT2D eigenvalue weighted by Gasteiger charge is 2.22. The van der Waals surface area contributed by atoms with Crippen molar-refractivity contribution in [2.75, 3.05) is 7.11 Å². The Kier molecular flexibility index (Phi) is 3.05. The van der Waals surface area contributed by atoms with Gasteiger partial charge in [-0.2, -0.15) is 0 Å². The van der Waals surface area contributed by atoms with E-state index in [0.29, 0.717) is 0 Å². The fourth-order valence-corrected chi connectivity index (χ4v) is 0.945. The number of rotatable bonds is 3. The molecule has 0 saturated heterocycles. The van der Waals surface area contributed by atoms with Crippen molar-refractivity contribution < 1.29 is 24.7 Å². The van der Waals surface area contributed by atoms with E-state index < -0.39 is 18.8 Å². The van der Waals surface area contributed by atoms with Gasteiger partial charge >= 0.3 is 13.1 Å². The molecule has 0 aliphatic carbocycles. The minimum absolute atomic E-state index is 0.104. The molecular formula is C7H8BNO5. The van der Waals surface area contributed by atoms with E-state index in [9.17, 15) is 4.79 Å². The van der Waals surface area contributed by atoms with Gasteiger partial charge in [0.2, 0.25) is 5.88 Å². The van der Waals surface area contributed by atoms with Gasteiger partial charge in [0.25, 0.3) is 0 Å². The monoisotopic (exact) mass is 197 g/mol. The van der Waals surface area contributed by atoms with Crippen molar-refractivity contribution in [2.45, 2.75) is 0 Å². The summed E-state index contributed by atoms with van der Waals surface area (Å²) in [5.74, 6) is -1.24. The van der Waals surface area contributed by atoms with Crippen LogP contribution in [-0.2, 0) is 0 Å². The zero-order valence-corrected chi connectivity index (χ0v) is 7.34. The lowest BCUT2D eigenvalue weighted by atomic mass is 9.79. The summed E-state index contributed by atoms with van der Waals surface area (Å²) in [5.41, 5.74) is -0.599. The maximum absolute atomic E-state index is 10.7. The third-order valence-corrected chi connectivity index (χ3v) is 1.59. The van der Waals surface area contributed by atoms with Crippen LogP contribution in [-0.4, -0.2) is 40.3 Å². The molecule has 3 N–H and O–H groups in total. The Labute approximate surface area is 79.9 Å². The van der Waals surface area contributed by atoms with Crippen molar-refractivity contribution >= 4 is 18.6 Å². The van der Waals surface area contributed by atoms with Gasteiger partial charge in [-0.15, -0.1) is 0 Å². The van der Waals surface area contributed by atoms with Gasteiger partial charge in [-0.3, -0.25) is 0 Å². The molecule has 74 valence electrons. The van der Waals surface area contributed by atoms with Crippen LogP contribution >= 0.6 is 0 Å². The maximum atomic E-state index is 10.7. The summed E-state index contributed by atoms with van der Waals surface area (Å²) >= 11 is 0. The molecule has 1 rings (SSSR count). The first-order chi connectivity index (χ1) is 6.56. The number of methoxy groups -OCH3 is 1. The molecule has 0 saturated carbocycles. The van der Waals surface area contributed by atoms with Crippen LogP contribution in [0.4, 0.5) is 0 Å². The van der Waals surface area contributed by atoms with Crippen LogP contribution in [0.2, 0.25) is 0 Å².